The van der Waals surface area contributed by atoms with Gasteiger partial charge >= 0.3 is 5.97 Å². The minimum Gasteiger partial charge on any atom is -0.497 e. The molecule has 0 spiro atoms. The fraction of sp³-hybridized carbons (Fsp3) is 0.0435. The van der Waals surface area contributed by atoms with Crippen molar-refractivity contribution in [2.24, 2.45) is 0 Å². The second kappa shape index (κ2) is 7.59. The summed E-state index contributed by atoms with van der Waals surface area (Å²) in [5.41, 5.74) is 0.879. The molecule has 3 aromatic carbocycles. The van der Waals surface area contributed by atoms with Crippen LogP contribution >= 0.6 is 0 Å². The van der Waals surface area contributed by atoms with E-state index in [-0.39, 0.29) is 28.6 Å². The van der Waals surface area contributed by atoms with Crippen molar-refractivity contribution in [3.63, 3.8) is 0 Å². The summed E-state index contributed by atoms with van der Waals surface area (Å²) in [7, 11) is 1.51. The molecule has 3 aromatic rings. The number of fused-ring (bicyclic) bond motifs is 1. The summed E-state index contributed by atoms with van der Waals surface area (Å²) in [5.74, 6) is -0.402. The van der Waals surface area contributed by atoms with Crippen LogP contribution in [0.2, 0.25) is 0 Å². The highest BCUT2D eigenvalue weighted by Crippen LogP contribution is 2.35. The van der Waals surface area contributed by atoms with Gasteiger partial charge in [0.05, 0.1) is 18.2 Å². The monoisotopic (exact) mass is 390 g/mol. The molecule has 4 rings (SSSR count). The predicted molar refractivity (Wildman–Crippen MR) is 104 cm³/mol. The molecule has 0 radical (unpaired) electrons. The number of hydrogen-bond donors (Lipinski definition) is 0. The van der Waals surface area contributed by atoms with E-state index in [1.165, 1.54) is 37.5 Å². The summed E-state index contributed by atoms with van der Waals surface area (Å²) in [4.78, 5) is 24.9. The molecule has 144 valence electrons. The number of allylic oxidation sites excluding steroid dienone is 1. The van der Waals surface area contributed by atoms with Crippen molar-refractivity contribution in [1.82, 2.24) is 0 Å². The minimum absolute atomic E-state index is 0.00127. The van der Waals surface area contributed by atoms with Gasteiger partial charge in [0.2, 0.25) is 5.78 Å². The maximum Gasteiger partial charge on any atom is 0.343 e. The van der Waals surface area contributed by atoms with Crippen molar-refractivity contribution in [2.75, 3.05) is 7.11 Å². The Hall–Kier alpha value is -3.93. The van der Waals surface area contributed by atoms with Crippen LogP contribution in [0.5, 0.6) is 17.2 Å². The average Bonchev–Trinajstić information content (AvgIpc) is 3.04. The molecule has 1 aliphatic heterocycles. The molecule has 1 heterocycles. The molecule has 0 amide bonds. The van der Waals surface area contributed by atoms with Crippen LogP contribution in [0.1, 0.15) is 26.3 Å². The summed E-state index contributed by atoms with van der Waals surface area (Å²) in [6.45, 7) is 0. The van der Waals surface area contributed by atoms with Crippen LogP contribution in [0.3, 0.4) is 0 Å². The van der Waals surface area contributed by atoms with Crippen LogP contribution in [0, 0.1) is 5.82 Å². The summed E-state index contributed by atoms with van der Waals surface area (Å²) >= 11 is 0. The van der Waals surface area contributed by atoms with Gasteiger partial charge in [0, 0.05) is 11.6 Å². The molecule has 29 heavy (non-hydrogen) atoms. The first-order valence-corrected chi connectivity index (χ1v) is 8.74. The van der Waals surface area contributed by atoms with Crippen molar-refractivity contribution in [3.8, 4) is 17.2 Å². The van der Waals surface area contributed by atoms with Crippen LogP contribution in [-0.2, 0) is 0 Å². The standard InChI is InChI=1S/C23H15FO5/c1-27-16-7-4-6-15(11-16)23(26)28-17-9-10-18-20(13-17)29-21(22(18)25)12-14-5-2-3-8-19(14)24/h2-13H,1H3/b21-12-. The number of ketones is 1. The predicted octanol–water partition coefficient (Wildman–Crippen LogP) is 4.67. The van der Waals surface area contributed by atoms with E-state index in [1.807, 2.05) is 0 Å². The topological polar surface area (TPSA) is 61.8 Å². The smallest absolute Gasteiger partial charge is 0.343 e. The first kappa shape index (κ1) is 18.4. The molecule has 0 saturated heterocycles. The molecule has 0 bridgehead atoms. The Morgan fingerprint density at radius 3 is 2.62 bits per heavy atom. The Labute approximate surface area is 166 Å². The number of ether oxygens (including phenoxy) is 3. The first-order valence-electron chi connectivity index (χ1n) is 8.74. The highest BCUT2D eigenvalue weighted by molar-refractivity contribution is 6.14. The number of benzene rings is 3. The van der Waals surface area contributed by atoms with E-state index in [0.717, 1.165) is 0 Å². The fourth-order valence-electron chi connectivity index (χ4n) is 2.88. The Morgan fingerprint density at radius 2 is 1.83 bits per heavy atom. The van der Waals surface area contributed by atoms with E-state index in [2.05, 4.69) is 0 Å². The molecule has 0 atom stereocenters. The number of hydrogen-bond acceptors (Lipinski definition) is 5. The van der Waals surface area contributed by atoms with E-state index < -0.39 is 11.8 Å². The zero-order valence-corrected chi connectivity index (χ0v) is 15.3. The van der Waals surface area contributed by atoms with Crippen molar-refractivity contribution in [1.29, 1.82) is 0 Å². The van der Waals surface area contributed by atoms with Crippen LogP contribution in [0.15, 0.2) is 72.5 Å². The van der Waals surface area contributed by atoms with Gasteiger partial charge in [-0.1, -0.05) is 24.3 Å². The van der Waals surface area contributed by atoms with Crippen molar-refractivity contribution < 1.29 is 28.2 Å². The molecular formula is C23H15FO5. The molecule has 0 saturated carbocycles. The van der Waals surface area contributed by atoms with Gasteiger partial charge in [-0.2, -0.15) is 0 Å². The number of methoxy groups -OCH3 is 1. The van der Waals surface area contributed by atoms with Crippen LogP contribution in [0.25, 0.3) is 6.08 Å². The lowest BCUT2D eigenvalue weighted by Crippen LogP contribution is -2.08. The number of carbonyl (C=O) groups excluding carboxylic acids is 2. The van der Waals surface area contributed by atoms with E-state index in [0.29, 0.717) is 16.9 Å². The largest absolute Gasteiger partial charge is 0.497 e. The third-order valence-corrected chi connectivity index (χ3v) is 4.35. The van der Waals surface area contributed by atoms with Gasteiger partial charge in [0.1, 0.15) is 23.1 Å². The number of rotatable bonds is 4. The molecule has 0 aliphatic carbocycles. The van der Waals surface area contributed by atoms with Crippen molar-refractivity contribution in [2.45, 2.75) is 0 Å². The Balaban J connectivity index is 1.56. The zero-order valence-electron chi connectivity index (χ0n) is 15.3. The van der Waals surface area contributed by atoms with E-state index in [9.17, 15) is 14.0 Å². The highest BCUT2D eigenvalue weighted by atomic mass is 19.1. The fourth-order valence-corrected chi connectivity index (χ4v) is 2.88. The third-order valence-electron chi connectivity index (χ3n) is 4.35. The molecule has 0 fully saturated rings. The zero-order chi connectivity index (χ0) is 20.4. The van der Waals surface area contributed by atoms with Gasteiger partial charge in [0.25, 0.3) is 0 Å². The van der Waals surface area contributed by atoms with Gasteiger partial charge in [-0.3, -0.25) is 4.79 Å². The highest BCUT2D eigenvalue weighted by Gasteiger charge is 2.28. The lowest BCUT2D eigenvalue weighted by Gasteiger charge is -2.07. The number of carbonyl (C=O) groups is 2. The molecular weight excluding hydrogens is 375 g/mol. The van der Waals surface area contributed by atoms with E-state index in [4.69, 9.17) is 14.2 Å². The molecule has 0 N–H and O–H groups in total. The minimum atomic E-state index is -0.574. The molecule has 1 aliphatic rings. The summed E-state index contributed by atoms with van der Waals surface area (Å²) < 4.78 is 29.9. The number of esters is 1. The summed E-state index contributed by atoms with van der Waals surface area (Å²) in [5, 5.41) is 0. The van der Waals surface area contributed by atoms with E-state index in [1.54, 1.807) is 42.5 Å². The Morgan fingerprint density at radius 1 is 1.00 bits per heavy atom. The van der Waals surface area contributed by atoms with Gasteiger partial charge in [-0.15, -0.1) is 0 Å². The number of Topliss-reactive ketones (excluding diaryl/α,β-unsaturated/α-hetero) is 1. The second-order valence-corrected chi connectivity index (χ2v) is 6.24. The normalized spacial score (nSPS) is 13.7. The quantitative estimate of drug-likeness (QED) is 0.368. The van der Waals surface area contributed by atoms with Crippen LogP contribution in [-0.4, -0.2) is 18.9 Å². The number of halogens is 1. The SMILES string of the molecule is COc1cccc(C(=O)Oc2ccc3c(c2)O/C(=C\c2ccccc2F)C3=O)c1. The maximum absolute atomic E-state index is 13.8. The van der Waals surface area contributed by atoms with Crippen LogP contribution in [0.4, 0.5) is 4.39 Å². The molecule has 0 aromatic heterocycles. The van der Waals surface area contributed by atoms with Crippen molar-refractivity contribution in [3.05, 3.63) is 95.0 Å². The van der Waals surface area contributed by atoms with Gasteiger partial charge < -0.3 is 14.2 Å². The van der Waals surface area contributed by atoms with Crippen molar-refractivity contribution >= 4 is 17.8 Å². The second-order valence-electron chi connectivity index (χ2n) is 6.24. The summed E-state index contributed by atoms with van der Waals surface area (Å²) in [6, 6.07) is 17.1. The molecule has 0 unspecified atom stereocenters. The van der Waals surface area contributed by atoms with Gasteiger partial charge in [-0.05, 0) is 42.5 Å². The Bertz CT molecular complexity index is 1150. The average molecular weight is 390 g/mol. The lowest BCUT2D eigenvalue weighted by molar-refractivity contribution is 0.0734. The van der Waals surface area contributed by atoms with Crippen LogP contribution < -0.4 is 14.2 Å². The summed E-state index contributed by atoms with van der Waals surface area (Å²) in [6.07, 6.45) is 1.35. The molecule has 5 nitrogen and oxygen atoms in total. The van der Waals surface area contributed by atoms with E-state index >= 15 is 0 Å². The third kappa shape index (κ3) is 3.73. The van der Waals surface area contributed by atoms with Gasteiger partial charge in [0.15, 0.2) is 5.76 Å². The van der Waals surface area contributed by atoms with Gasteiger partial charge in [-0.25, -0.2) is 9.18 Å². The maximum atomic E-state index is 13.8. The first-order chi connectivity index (χ1) is 14.0. The molecule has 6 heteroatoms. The Kier molecular flexibility index (Phi) is 4.83. The lowest BCUT2D eigenvalue weighted by atomic mass is 10.1.